The van der Waals surface area contributed by atoms with Gasteiger partial charge in [0, 0.05) is 16.4 Å². The maximum absolute atomic E-state index is 3.50. The van der Waals surface area contributed by atoms with Crippen molar-refractivity contribution in [2.24, 2.45) is 0 Å². The van der Waals surface area contributed by atoms with E-state index in [0.717, 1.165) is 13.1 Å². The Morgan fingerprint density at radius 1 is 1.04 bits per heavy atom. The minimum atomic E-state index is 0.380. The normalized spacial score (nSPS) is 17.0. The van der Waals surface area contributed by atoms with Crippen molar-refractivity contribution < 1.29 is 0 Å². The van der Waals surface area contributed by atoms with Crippen LogP contribution in [0.15, 0.2) is 60.0 Å². The lowest BCUT2D eigenvalue weighted by Gasteiger charge is -2.41. The number of hydrogen-bond acceptors (Lipinski definition) is 3. The third-order valence-electron chi connectivity index (χ3n) is 5.14. The summed E-state index contributed by atoms with van der Waals surface area (Å²) in [4.78, 5) is 2.65. The topological polar surface area (TPSA) is 15.3 Å². The van der Waals surface area contributed by atoms with Gasteiger partial charge in [-0.25, -0.2) is 0 Å². The lowest BCUT2D eigenvalue weighted by atomic mass is 9.98. The molecule has 1 saturated heterocycles. The van der Waals surface area contributed by atoms with Crippen LogP contribution in [0.2, 0.25) is 0 Å². The van der Waals surface area contributed by atoms with Crippen LogP contribution in [0.1, 0.15) is 31.4 Å². The molecule has 1 atom stereocenters. The molecule has 1 aliphatic rings. The molecule has 0 bridgehead atoms. The van der Waals surface area contributed by atoms with Crippen LogP contribution in [0.4, 0.5) is 5.69 Å². The highest BCUT2D eigenvalue weighted by molar-refractivity contribution is 7.17. The van der Waals surface area contributed by atoms with E-state index in [2.05, 4.69) is 77.1 Å². The van der Waals surface area contributed by atoms with Gasteiger partial charge >= 0.3 is 0 Å². The summed E-state index contributed by atoms with van der Waals surface area (Å²) >= 11 is 1.82. The van der Waals surface area contributed by atoms with Crippen LogP contribution in [0.25, 0.3) is 10.1 Å². The van der Waals surface area contributed by atoms with Crippen molar-refractivity contribution in [1.29, 1.82) is 0 Å². The lowest BCUT2D eigenvalue weighted by Crippen LogP contribution is -2.44. The molecule has 1 N–H and O–H groups in total. The summed E-state index contributed by atoms with van der Waals surface area (Å²) in [6, 6.07) is 21.1. The molecule has 0 radical (unpaired) electrons. The maximum atomic E-state index is 3.50. The zero-order valence-corrected chi connectivity index (χ0v) is 14.9. The van der Waals surface area contributed by atoms with Gasteiger partial charge in [0.2, 0.25) is 0 Å². The van der Waals surface area contributed by atoms with Crippen LogP contribution in [0, 0.1) is 0 Å². The fourth-order valence-electron chi connectivity index (χ4n) is 3.84. The van der Waals surface area contributed by atoms with Gasteiger partial charge in [0.05, 0.1) is 6.04 Å². The average molecular weight is 337 g/mol. The fourth-order valence-corrected chi connectivity index (χ4v) is 4.61. The summed E-state index contributed by atoms with van der Waals surface area (Å²) in [7, 11) is 0. The quantitative estimate of drug-likeness (QED) is 0.702. The molecule has 124 valence electrons. The molecule has 1 aliphatic heterocycles. The number of fused-ring (bicyclic) bond motifs is 1. The van der Waals surface area contributed by atoms with Crippen LogP contribution < -0.4 is 10.2 Å². The number of nitrogens with zero attached hydrogens (tertiary/aromatic N) is 1. The minimum Gasteiger partial charge on any atom is -0.362 e. The SMILES string of the molecule is CC(c1ccccc1)N(c1ccc2sccc2c1)C1CCNCC1. The Balaban J connectivity index is 1.74. The summed E-state index contributed by atoms with van der Waals surface area (Å²) in [5, 5.41) is 7.04. The smallest absolute Gasteiger partial charge is 0.0517 e. The Labute approximate surface area is 148 Å². The fraction of sp³-hybridized carbons (Fsp3) is 0.333. The molecule has 2 nitrogen and oxygen atoms in total. The highest BCUT2D eigenvalue weighted by Gasteiger charge is 2.26. The van der Waals surface area contributed by atoms with Crippen molar-refractivity contribution in [3.8, 4) is 0 Å². The Morgan fingerprint density at radius 2 is 1.83 bits per heavy atom. The van der Waals surface area contributed by atoms with E-state index in [4.69, 9.17) is 0 Å². The molecule has 1 aromatic heterocycles. The molecule has 1 fully saturated rings. The first-order valence-corrected chi connectivity index (χ1v) is 9.72. The number of benzene rings is 2. The standard InChI is InChI=1S/C21H24N2S/c1-16(17-5-3-2-4-6-17)23(19-9-12-22-13-10-19)20-7-8-21-18(15-20)11-14-24-21/h2-8,11,14-16,19,22H,9-10,12-13H2,1H3. The molecule has 0 spiro atoms. The van der Waals surface area contributed by atoms with E-state index in [1.807, 2.05) is 11.3 Å². The van der Waals surface area contributed by atoms with E-state index < -0.39 is 0 Å². The number of nitrogens with one attached hydrogen (secondary N) is 1. The molecule has 0 amide bonds. The highest BCUT2D eigenvalue weighted by atomic mass is 32.1. The molecule has 2 heterocycles. The van der Waals surface area contributed by atoms with Gasteiger partial charge in [-0.2, -0.15) is 0 Å². The molecular weight excluding hydrogens is 312 g/mol. The van der Waals surface area contributed by atoms with Crippen LogP contribution in [0.5, 0.6) is 0 Å². The molecule has 4 rings (SSSR count). The van der Waals surface area contributed by atoms with Crippen molar-refractivity contribution in [1.82, 2.24) is 5.32 Å². The van der Waals surface area contributed by atoms with Crippen molar-refractivity contribution >= 4 is 27.1 Å². The first kappa shape index (κ1) is 15.7. The zero-order valence-electron chi connectivity index (χ0n) is 14.1. The van der Waals surface area contributed by atoms with Gasteiger partial charge in [0.25, 0.3) is 0 Å². The molecule has 0 saturated carbocycles. The molecule has 2 aromatic carbocycles. The Kier molecular flexibility index (Phi) is 4.54. The van der Waals surface area contributed by atoms with Crippen molar-refractivity contribution in [2.75, 3.05) is 18.0 Å². The average Bonchev–Trinajstić information content (AvgIpc) is 3.11. The van der Waals surface area contributed by atoms with Gasteiger partial charge in [-0.15, -0.1) is 11.3 Å². The summed E-state index contributed by atoms with van der Waals surface area (Å²) < 4.78 is 1.37. The van der Waals surface area contributed by atoms with Crippen LogP contribution in [-0.2, 0) is 0 Å². The number of piperidine rings is 1. The zero-order chi connectivity index (χ0) is 16.4. The number of anilines is 1. The van der Waals surface area contributed by atoms with E-state index >= 15 is 0 Å². The first-order valence-electron chi connectivity index (χ1n) is 8.84. The van der Waals surface area contributed by atoms with Crippen LogP contribution >= 0.6 is 11.3 Å². The summed E-state index contributed by atoms with van der Waals surface area (Å²) in [6.45, 7) is 4.57. The minimum absolute atomic E-state index is 0.380. The second kappa shape index (κ2) is 6.96. The van der Waals surface area contributed by atoms with E-state index in [9.17, 15) is 0 Å². The number of hydrogen-bond donors (Lipinski definition) is 1. The Morgan fingerprint density at radius 3 is 2.62 bits per heavy atom. The van der Waals surface area contributed by atoms with E-state index in [-0.39, 0.29) is 0 Å². The Hall–Kier alpha value is -1.84. The molecule has 3 aromatic rings. The summed E-state index contributed by atoms with van der Waals surface area (Å²) in [5.74, 6) is 0. The first-order chi connectivity index (χ1) is 11.8. The van der Waals surface area contributed by atoms with E-state index in [1.165, 1.54) is 34.2 Å². The highest BCUT2D eigenvalue weighted by Crippen LogP contribution is 2.34. The van der Waals surface area contributed by atoms with Crippen LogP contribution in [-0.4, -0.2) is 19.1 Å². The predicted molar refractivity (Wildman–Crippen MR) is 105 cm³/mol. The number of rotatable bonds is 4. The second-order valence-electron chi connectivity index (χ2n) is 6.62. The second-order valence-corrected chi connectivity index (χ2v) is 7.57. The van der Waals surface area contributed by atoms with Gasteiger partial charge < -0.3 is 10.2 Å². The Bertz CT molecular complexity index is 790. The van der Waals surface area contributed by atoms with Gasteiger partial charge in [-0.3, -0.25) is 0 Å². The summed E-state index contributed by atoms with van der Waals surface area (Å²) in [6.07, 6.45) is 2.41. The summed E-state index contributed by atoms with van der Waals surface area (Å²) in [5.41, 5.74) is 2.74. The van der Waals surface area contributed by atoms with E-state index in [0.29, 0.717) is 12.1 Å². The molecular formula is C21H24N2S. The third-order valence-corrected chi connectivity index (χ3v) is 6.03. The largest absolute Gasteiger partial charge is 0.362 e. The molecule has 24 heavy (non-hydrogen) atoms. The lowest BCUT2D eigenvalue weighted by molar-refractivity contribution is 0.409. The number of thiophene rings is 1. The van der Waals surface area contributed by atoms with E-state index in [1.54, 1.807) is 0 Å². The molecule has 3 heteroatoms. The van der Waals surface area contributed by atoms with Gasteiger partial charge in [0.1, 0.15) is 0 Å². The van der Waals surface area contributed by atoms with Crippen molar-refractivity contribution in [2.45, 2.75) is 31.8 Å². The van der Waals surface area contributed by atoms with Crippen LogP contribution in [0.3, 0.4) is 0 Å². The maximum Gasteiger partial charge on any atom is 0.0517 e. The van der Waals surface area contributed by atoms with Crippen molar-refractivity contribution in [3.63, 3.8) is 0 Å². The third kappa shape index (κ3) is 3.06. The predicted octanol–water partition coefficient (Wildman–Crippen LogP) is 5.22. The van der Waals surface area contributed by atoms with Gasteiger partial charge in [0.15, 0.2) is 0 Å². The van der Waals surface area contributed by atoms with Crippen molar-refractivity contribution in [3.05, 3.63) is 65.5 Å². The molecule has 0 aliphatic carbocycles. The van der Waals surface area contributed by atoms with Gasteiger partial charge in [-0.05, 0) is 73.5 Å². The monoisotopic (exact) mass is 336 g/mol. The van der Waals surface area contributed by atoms with Gasteiger partial charge in [-0.1, -0.05) is 30.3 Å². The molecule has 1 unspecified atom stereocenters.